The van der Waals surface area contributed by atoms with E-state index in [0.717, 1.165) is 15.8 Å². The lowest BCUT2D eigenvalue weighted by atomic mass is 10.2. The van der Waals surface area contributed by atoms with E-state index in [1.165, 1.54) is 6.07 Å². The van der Waals surface area contributed by atoms with Crippen molar-refractivity contribution in [2.75, 3.05) is 0 Å². The molecule has 0 fully saturated rings. The Morgan fingerprint density at radius 1 is 0.958 bits per heavy atom. The molecule has 0 spiro atoms. The van der Waals surface area contributed by atoms with E-state index in [1.807, 2.05) is 12.1 Å². The van der Waals surface area contributed by atoms with Crippen LogP contribution in [0, 0.1) is 0 Å². The van der Waals surface area contributed by atoms with Crippen LogP contribution < -0.4 is 10.9 Å². The summed E-state index contributed by atoms with van der Waals surface area (Å²) >= 11 is 0. The molecule has 0 aromatic carbocycles. The number of hydrogen-bond donors (Lipinski definition) is 1. The molecule has 3 aromatic heterocycles. The van der Waals surface area contributed by atoms with Gasteiger partial charge in [-0.1, -0.05) is 0 Å². The molecule has 0 bridgehead atoms. The summed E-state index contributed by atoms with van der Waals surface area (Å²) in [4.78, 5) is 31.8. The van der Waals surface area contributed by atoms with Crippen molar-refractivity contribution in [2.45, 2.75) is 13.1 Å². The quantitative estimate of drug-likeness (QED) is 0.757. The van der Waals surface area contributed by atoms with Crippen LogP contribution in [0.5, 0.6) is 0 Å². The molecule has 7 nitrogen and oxygen atoms in total. The fourth-order valence-corrected chi connectivity index (χ4v) is 2.13. The minimum atomic E-state index is -0.327. The smallest absolute Gasteiger partial charge is 0.267 e. The third-order valence-corrected chi connectivity index (χ3v) is 3.38. The number of rotatable bonds is 5. The summed E-state index contributed by atoms with van der Waals surface area (Å²) in [5.41, 5.74) is 2.05. The van der Waals surface area contributed by atoms with E-state index in [-0.39, 0.29) is 18.0 Å². The number of carbonyl (C=O) groups is 1. The van der Waals surface area contributed by atoms with Crippen LogP contribution in [0.1, 0.15) is 5.56 Å². The van der Waals surface area contributed by atoms with Crippen LogP contribution in [-0.4, -0.2) is 25.7 Å². The molecule has 3 rings (SSSR count). The van der Waals surface area contributed by atoms with Gasteiger partial charge in [0, 0.05) is 43.0 Å². The average molecular weight is 321 g/mol. The Balaban J connectivity index is 1.70. The minimum Gasteiger partial charge on any atom is -0.350 e. The number of hydrogen-bond acceptors (Lipinski definition) is 5. The van der Waals surface area contributed by atoms with Gasteiger partial charge in [0.05, 0.1) is 5.69 Å². The van der Waals surface area contributed by atoms with Crippen LogP contribution >= 0.6 is 0 Å². The predicted molar refractivity (Wildman–Crippen MR) is 87.8 cm³/mol. The number of amides is 1. The Hall–Kier alpha value is -3.35. The molecule has 0 aliphatic rings. The van der Waals surface area contributed by atoms with Crippen molar-refractivity contribution in [3.63, 3.8) is 0 Å². The molecule has 0 saturated carbocycles. The van der Waals surface area contributed by atoms with Gasteiger partial charge in [0.1, 0.15) is 6.54 Å². The highest BCUT2D eigenvalue weighted by molar-refractivity contribution is 5.75. The van der Waals surface area contributed by atoms with E-state index in [9.17, 15) is 9.59 Å². The van der Waals surface area contributed by atoms with E-state index in [1.54, 1.807) is 43.0 Å². The Labute approximate surface area is 138 Å². The second-order valence-corrected chi connectivity index (χ2v) is 5.08. The van der Waals surface area contributed by atoms with Crippen molar-refractivity contribution < 1.29 is 4.79 Å². The van der Waals surface area contributed by atoms with Gasteiger partial charge in [0.15, 0.2) is 0 Å². The first kappa shape index (κ1) is 15.5. The zero-order valence-electron chi connectivity index (χ0n) is 12.8. The third kappa shape index (κ3) is 3.89. The molecule has 0 atom stereocenters. The van der Waals surface area contributed by atoms with Gasteiger partial charge in [-0.2, -0.15) is 5.10 Å². The van der Waals surface area contributed by atoms with Gasteiger partial charge in [0.25, 0.3) is 5.56 Å². The molecular formula is C17H15N5O2. The summed E-state index contributed by atoms with van der Waals surface area (Å²) in [6.07, 6.45) is 6.61. The van der Waals surface area contributed by atoms with Gasteiger partial charge >= 0.3 is 0 Å². The zero-order chi connectivity index (χ0) is 16.8. The maximum absolute atomic E-state index is 12.0. The van der Waals surface area contributed by atoms with Gasteiger partial charge in [-0.3, -0.25) is 19.6 Å². The topological polar surface area (TPSA) is 89.8 Å². The maximum atomic E-state index is 12.0. The Morgan fingerprint density at radius 3 is 2.33 bits per heavy atom. The highest BCUT2D eigenvalue weighted by Gasteiger charge is 2.08. The molecule has 0 unspecified atom stereocenters. The predicted octanol–water partition coefficient (Wildman–Crippen LogP) is 1.02. The Morgan fingerprint density at radius 2 is 1.62 bits per heavy atom. The monoisotopic (exact) mass is 321 g/mol. The van der Waals surface area contributed by atoms with Gasteiger partial charge in [0.2, 0.25) is 5.91 Å². The van der Waals surface area contributed by atoms with Crippen molar-refractivity contribution in [2.24, 2.45) is 0 Å². The molecular weight excluding hydrogens is 306 g/mol. The molecule has 0 radical (unpaired) electrons. The van der Waals surface area contributed by atoms with Gasteiger partial charge in [-0.25, -0.2) is 4.68 Å². The fraction of sp³-hybridized carbons (Fsp3) is 0.118. The largest absolute Gasteiger partial charge is 0.350 e. The van der Waals surface area contributed by atoms with Gasteiger partial charge < -0.3 is 5.32 Å². The van der Waals surface area contributed by atoms with Crippen molar-refractivity contribution in [3.8, 4) is 11.3 Å². The number of aromatic nitrogens is 4. The summed E-state index contributed by atoms with van der Waals surface area (Å²) in [7, 11) is 0. The molecule has 120 valence electrons. The SMILES string of the molecule is O=C(Cn1nc(-c2ccncc2)ccc1=O)NCc1ccncc1. The summed E-state index contributed by atoms with van der Waals surface area (Å²) in [5.74, 6) is -0.284. The minimum absolute atomic E-state index is 0.136. The summed E-state index contributed by atoms with van der Waals surface area (Å²) in [5, 5.41) is 7.00. The summed E-state index contributed by atoms with van der Waals surface area (Å²) in [6, 6.07) is 10.2. The third-order valence-electron chi connectivity index (χ3n) is 3.38. The van der Waals surface area contributed by atoms with Crippen molar-refractivity contribution in [1.29, 1.82) is 0 Å². The first-order valence-corrected chi connectivity index (χ1v) is 7.36. The fourth-order valence-electron chi connectivity index (χ4n) is 2.13. The maximum Gasteiger partial charge on any atom is 0.267 e. The highest BCUT2D eigenvalue weighted by atomic mass is 16.2. The molecule has 3 aromatic rings. The number of carbonyl (C=O) groups excluding carboxylic acids is 1. The molecule has 7 heteroatoms. The molecule has 1 amide bonds. The van der Waals surface area contributed by atoms with Crippen molar-refractivity contribution in [3.05, 3.63) is 77.1 Å². The van der Waals surface area contributed by atoms with E-state index in [0.29, 0.717) is 12.2 Å². The normalized spacial score (nSPS) is 10.3. The second kappa shape index (κ2) is 7.28. The van der Waals surface area contributed by atoms with Crippen LogP contribution in [0.25, 0.3) is 11.3 Å². The van der Waals surface area contributed by atoms with Crippen LogP contribution in [0.3, 0.4) is 0 Å². The molecule has 1 N–H and O–H groups in total. The molecule has 0 aliphatic carbocycles. The Kier molecular flexibility index (Phi) is 4.71. The summed E-state index contributed by atoms with van der Waals surface area (Å²) in [6.45, 7) is 0.239. The number of nitrogens with one attached hydrogen (secondary N) is 1. The van der Waals surface area contributed by atoms with E-state index in [2.05, 4.69) is 20.4 Å². The number of pyridine rings is 2. The summed E-state index contributed by atoms with van der Waals surface area (Å²) < 4.78 is 1.15. The number of nitrogens with zero attached hydrogens (tertiary/aromatic N) is 4. The molecule has 24 heavy (non-hydrogen) atoms. The molecule has 3 heterocycles. The van der Waals surface area contributed by atoms with Crippen molar-refractivity contribution >= 4 is 5.91 Å². The lowest BCUT2D eigenvalue weighted by Crippen LogP contribution is -2.33. The first-order valence-electron chi connectivity index (χ1n) is 7.36. The molecule has 0 saturated heterocycles. The van der Waals surface area contributed by atoms with Crippen LogP contribution in [0.4, 0.5) is 0 Å². The lowest BCUT2D eigenvalue weighted by molar-refractivity contribution is -0.122. The van der Waals surface area contributed by atoms with Gasteiger partial charge in [-0.05, 0) is 35.9 Å². The highest BCUT2D eigenvalue weighted by Crippen LogP contribution is 2.12. The Bertz CT molecular complexity index is 878. The zero-order valence-corrected chi connectivity index (χ0v) is 12.8. The first-order chi connectivity index (χ1) is 11.7. The van der Waals surface area contributed by atoms with Crippen LogP contribution in [-0.2, 0) is 17.9 Å². The standard InChI is InChI=1S/C17H15N5O2/c23-16(20-11-13-3-7-18-8-4-13)12-22-17(24)2-1-15(21-22)14-5-9-19-10-6-14/h1-10H,11-12H2,(H,20,23). The van der Waals surface area contributed by atoms with Gasteiger partial charge in [-0.15, -0.1) is 0 Å². The average Bonchev–Trinajstić information content (AvgIpc) is 2.63. The van der Waals surface area contributed by atoms with Crippen LogP contribution in [0.15, 0.2) is 66.0 Å². The van der Waals surface area contributed by atoms with Crippen molar-refractivity contribution in [1.82, 2.24) is 25.1 Å². The lowest BCUT2D eigenvalue weighted by Gasteiger charge is -2.08. The van der Waals surface area contributed by atoms with Crippen LogP contribution in [0.2, 0.25) is 0 Å². The van der Waals surface area contributed by atoms with E-state index < -0.39 is 0 Å². The molecule has 0 aliphatic heterocycles. The van der Waals surface area contributed by atoms with E-state index >= 15 is 0 Å². The second-order valence-electron chi connectivity index (χ2n) is 5.08. The van der Waals surface area contributed by atoms with E-state index in [4.69, 9.17) is 0 Å².